The van der Waals surface area contributed by atoms with Crippen LogP contribution in [0.25, 0.3) is 0 Å². The molecular weight excluding hydrogens is 881 g/mol. The third kappa shape index (κ3) is 10.1. The second-order valence-corrected chi connectivity index (χ2v) is 17.4. The van der Waals surface area contributed by atoms with E-state index < -0.39 is 5.91 Å². The Balaban J connectivity index is 0.982. The van der Waals surface area contributed by atoms with E-state index in [1.54, 1.807) is 42.5 Å². The summed E-state index contributed by atoms with van der Waals surface area (Å²) in [7, 11) is 3.10. The van der Waals surface area contributed by atoms with Crippen molar-refractivity contribution in [3.8, 4) is 17.2 Å². The van der Waals surface area contributed by atoms with Gasteiger partial charge in [0.15, 0.2) is 11.5 Å². The average molecular weight is 937 g/mol. The fourth-order valence-electron chi connectivity index (χ4n) is 9.56. The van der Waals surface area contributed by atoms with E-state index in [2.05, 4.69) is 11.5 Å². The molecular formula is C53H56N6O10. The lowest BCUT2D eigenvalue weighted by Crippen LogP contribution is -2.43. The van der Waals surface area contributed by atoms with Gasteiger partial charge in [-0.2, -0.15) is 0 Å². The van der Waals surface area contributed by atoms with Crippen LogP contribution in [0.5, 0.6) is 17.2 Å². The number of hydrogen-bond acceptors (Lipinski definition) is 12. The second kappa shape index (κ2) is 21.0. The molecule has 4 amide bonds. The zero-order valence-corrected chi connectivity index (χ0v) is 39.0. The number of ether oxygens (including phenoxy) is 6. The molecule has 0 saturated carbocycles. The molecule has 0 unspecified atom stereocenters. The number of nitrogens with zero attached hydrogens (tertiary/aromatic N) is 4. The van der Waals surface area contributed by atoms with Crippen LogP contribution in [0.1, 0.15) is 66.9 Å². The number of hydrazine groups is 1. The topological polar surface area (TPSA) is 184 Å². The summed E-state index contributed by atoms with van der Waals surface area (Å²) in [5, 5.41) is 0. The van der Waals surface area contributed by atoms with E-state index in [9.17, 15) is 19.2 Å². The molecule has 4 heterocycles. The number of aryl methyl sites for hydroxylation is 2. The summed E-state index contributed by atoms with van der Waals surface area (Å²) in [6.45, 7) is 3.21. The number of hydrogen-bond donors (Lipinski definition) is 2. The predicted molar refractivity (Wildman–Crippen MR) is 260 cm³/mol. The monoisotopic (exact) mass is 936 g/mol. The van der Waals surface area contributed by atoms with Crippen LogP contribution in [0, 0.1) is 6.92 Å². The minimum absolute atomic E-state index is 0.00610. The van der Waals surface area contributed by atoms with Gasteiger partial charge in [0.1, 0.15) is 25.5 Å². The van der Waals surface area contributed by atoms with Crippen LogP contribution >= 0.6 is 0 Å². The Morgan fingerprint density at radius 1 is 0.739 bits per heavy atom. The first-order chi connectivity index (χ1) is 33.6. The fourth-order valence-corrected chi connectivity index (χ4v) is 9.56. The van der Waals surface area contributed by atoms with Crippen LogP contribution < -0.4 is 40.2 Å². The number of rotatable bonds is 19. The van der Waals surface area contributed by atoms with E-state index in [0.717, 1.165) is 40.9 Å². The largest absolute Gasteiger partial charge is 0.493 e. The predicted octanol–water partition coefficient (Wildman–Crippen LogP) is 6.36. The maximum Gasteiger partial charge on any atom is 0.261 e. The van der Waals surface area contributed by atoms with Gasteiger partial charge in [-0.15, -0.1) is 0 Å². The Morgan fingerprint density at radius 2 is 1.41 bits per heavy atom. The van der Waals surface area contributed by atoms with Crippen molar-refractivity contribution in [2.24, 2.45) is 10.8 Å². The van der Waals surface area contributed by atoms with E-state index in [-0.39, 0.29) is 69.2 Å². The first kappa shape index (κ1) is 47.0. The van der Waals surface area contributed by atoms with Crippen molar-refractivity contribution in [2.75, 3.05) is 68.5 Å². The third-order valence-corrected chi connectivity index (χ3v) is 13.0. The van der Waals surface area contributed by atoms with E-state index >= 15 is 0 Å². The van der Waals surface area contributed by atoms with Crippen molar-refractivity contribution in [3.63, 3.8) is 0 Å². The molecule has 16 heteroatoms. The zero-order chi connectivity index (χ0) is 48.0. The lowest BCUT2D eigenvalue weighted by atomic mass is 9.98. The van der Waals surface area contributed by atoms with E-state index in [1.807, 2.05) is 72.5 Å². The van der Waals surface area contributed by atoms with Gasteiger partial charge < -0.3 is 38.2 Å². The number of fused-ring (bicyclic) bond motifs is 8. The van der Waals surface area contributed by atoms with Crippen LogP contribution in [0.2, 0.25) is 0 Å². The molecule has 5 aromatic carbocycles. The highest BCUT2D eigenvalue weighted by Crippen LogP contribution is 2.42. The average Bonchev–Trinajstić information content (AvgIpc) is 3.86. The molecule has 0 spiro atoms. The summed E-state index contributed by atoms with van der Waals surface area (Å²) < 4.78 is 35.0. The summed E-state index contributed by atoms with van der Waals surface area (Å²) in [4.78, 5) is 64.9. The summed E-state index contributed by atoms with van der Waals surface area (Å²) >= 11 is 0. The molecule has 0 aliphatic carbocycles. The smallest absolute Gasteiger partial charge is 0.261 e. The number of carbonyl (C=O) groups excluding carboxylic acids is 4. The molecule has 0 fully saturated rings. The van der Waals surface area contributed by atoms with Gasteiger partial charge in [-0.1, -0.05) is 36.4 Å². The van der Waals surface area contributed by atoms with Crippen molar-refractivity contribution in [1.29, 1.82) is 0 Å². The Labute approximate surface area is 400 Å². The Kier molecular flexibility index (Phi) is 14.3. The van der Waals surface area contributed by atoms with Gasteiger partial charge >= 0.3 is 0 Å². The number of anilines is 3. The highest BCUT2D eigenvalue weighted by molar-refractivity contribution is 6.15. The molecule has 5 aromatic rings. The summed E-state index contributed by atoms with van der Waals surface area (Å²) in [5.41, 5.74) is 11.2. The molecule has 16 nitrogen and oxygen atoms in total. The number of methoxy groups -OCH3 is 2. The molecule has 2 atom stereocenters. The third-order valence-electron chi connectivity index (χ3n) is 13.0. The molecule has 0 bridgehead atoms. The molecule has 3 N–H and O–H groups in total. The van der Waals surface area contributed by atoms with Crippen LogP contribution in [0.4, 0.5) is 22.7 Å². The molecule has 358 valence electrons. The van der Waals surface area contributed by atoms with Gasteiger partial charge in [-0.05, 0) is 108 Å². The van der Waals surface area contributed by atoms with Crippen molar-refractivity contribution >= 4 is 52.6 Å². The van der Waals surface area contributed by atoms with Gasteiger partial charge in [-0.3, -0.25) is 34.5 Å². The zero-order valence-electron chi connectivity index (χ0n) is 39.0. The lowest BCUT2D eigenvalue weighted by molar-refractivity contribution is -0.124. The number of carbonyl (C=O) groups is 4. The standard InChI is InChI=1S/C53H56N6O10/c1-33-20-42-36(12-13-39-24-37-8-4-6-10-45(37)58(39)52(42)62)26-47(33)68-31-34-21-35(23-40(22-34)57(30-50(60)56-54)51(61)14-15-66-18-19-67-17-16-64-2)32-69-49-28-44-43(27-48(49)65-3)53(63)59-41(29-55-44)25-38-9-5-7-11-46(38)59/h4-11,20-23,26-29,39,41H,12-19,24-25,30-32,54H2,1-3H3,(H,56,60)/t39-,41+/m1/s1. The van der Waals surface area contributed by atoms with Crippen LogP contribution in [-0.2, 0) is 56.3 Å². The highest BCUT2D eigenvalue weighted by atomic mass is 16.5. The van der Waals surface area contributed by atoms with E-state index in [1.165, 1.54) is 17.6 Å². The van der Waals surface area contributed by atoms with Gasteiger partial charge in [0, 0.05) is 54.5 Å². The minimum atomic E-state index is -0.580. The first-order valence-electron chi connectivity index (χ1n) is 23.2. The van der Waals surface area contributed by atoms with Crippen molar-refractivity contribution in [2.45, 2.75) is 64.3 Å². The number of nitrogens with one attached hydrogen (secondary N) is 1. The van der Waals surface area contributed by atoms with E-state index in [0.29, 0.717) is 83.5 Å². The number of amides is 4. The Bertz CT molecular complexity index is 2800. The quantitative estimate of drug-likeness (QED) is 0.0407. The molecule has 4 aliphatic rings. The highest BCUT2D eigenvalue weighted by Gasteiger charge is 2.38. The molecule has 0 aromatic heterocycles. The van der Waals surface area contributed by atoms with Crippen molar-refractivity contribution in [1.82, 2.24) is 5.43 Å². The second-order valence-electron chi connectivity index (χ2n) is 17.4. The summed E-state index contributed by atoms with van der Waals surface area (Å²) in [5.74, 6) is 5.71. The molecule has 9 rings (SSSR count). The maximum absolute atomic E-state index is 14.1. The fraction of sp³-hybridized carbons (Fsp3) is 0.340. The van der Waals surface area contributed by atoms with Crippen LogP contribution in [-0.4, -0.2) is 95.7 Å². The van der Waals surface area contributed by atoms with E-state index in [4.69, 9.17) is 39.3 Å². The number of benzene rings is 5. The number of aliphatic imine (C=N–C) groups is 1. The maximum atomic E-state index is 14.1. The first-order valence-corrected chi connectivity index (χ1v) is 23.2. The van der Waals surface area contributed by atoms with Crippen LogP contribution in [0.3, 0.4) is 0 Å². The Morgan fingerprint density at radius 3 is 2.13 bits per heavy atom. The van der Waals surface area contributed by atoms with Crippen molar-refractivity contribution in [3.05, 3.63) is 136 Å². The summed E-state index contributed by atoms with van der Waals surface area (Å²) in [6.07, 6.45) is 4.78. The molecule has 0 radical (unpaired) electrons. The number of para-hydroxylation sites is 2. The Hall–Kier alpha value is -7.11. The van der Waals surface area contributed by atoms with Crippen molar-refractivity contribution < 1.29 is 47.6 Å². The van der Waals surface area contributed by atoms with Gasteiger partial charge in [0.2, 0.25) is 5.91 Å². The normalized spacial score (nSPS) is 16.3. The van der Waals surface area contributed by atoms with Gasteiger partial charge in [0.05, 0.1) is 63.9 Å². The van der Waals surface area contributed by atoms with Gasteiger partial charge in [0.25, 0.3) is 17.7 Å². The number of nitrogens with two attached hydrogens (primary N) is 1. The van der Waals surface area contributed by atoms with Gasteiger partial charge in [-0.25, -0.2) is 5.84 Å². The minimum Gasteiger partial charge on any atom is -0.493 e. The summed E-state index contributed by atoms with van der Waals surface area (Å²) in [6, 6.07) is 28.5. The lowest BCUT2D eigenvalue weighted by Gasteiger charge is -2.24. The molecule has 69 heavy (non-hydrogen) atoms. The molecule has 0 saturated heterocycles. The van der Waals surface area contributed by atoms with Crippen LogP contribution in [0.15, 0.2) is 96.0 Å². The molecule has 4 aliphatic heterocycles. The SMILES string of the molecule is COCCOCCOCCC(=O)N(CC(=O)NN)c1cc(COc2cc3c(cc2C)C(=O)N2c4ccccc4C[C@H]2CC3)cc(COc2cc3c(cc2OC)C(=O)N2c4ccccc4C[C@H]2C=N3)c1.